The Bertz CT molecular complexity index is 694. The van der Waals surface area contributed by atoms with E-state index in [1.54, 1.807) is 42.5 Å². The van der Waals surface area contributed by atoms with E-state index in [4.69, 9.17) is 22.6 Å². The quantitative estimate of drug-likeness (QED) is 0.739. The topological polar surface area (TPSA) is 90.9 Å². The molecule has 0 aliphatic carbocycles. The lowest BCUT2D eigenvalue weighted by Gasteiger charge is -2.09. The van der Waals surface area contributed by atoms with Crippen LogP contribution in [0.4, 0.5) is 21.9 Å². The van der Waals surface area contributed by atoms with Crippen LogP contribution in [0.15, 0.2) is 42.5 Å². The number of benzene rings is 2. The number of hydrogen-bond acceptors (Lipinski definition) is 3. The largest absolute Gasteiger partial charge is 0.399 e. The van der Waals surface area contributed by atoms with Gasteiger partial charge in [-0.25, -0.2) is 4.79 Å². The Balaban J connectivity index is 2.07. The second kappa shape index (κ2) is 5.95. The Morgan fingerprint density at radius 2 is 2.00 bits per heavy atom. The van der Waals surface area contributed by atoms with Crippen LogP contribution in [0.2, 0.25) is 5.02 Å². The van der Waals surface area contributed by atoms with Gasteiger partial charge in [-0.1, -0.05) is 17.7 Å². The molecule has 0 bridgehead atoms. The van der Waals surface area contributed by atoms with E-state index >= 15 is 0 Å². The van der Waals surface area contributed by atoms with E-state index in [0.717, 1.165) is 0 Å². The Morgan fingerprint density at radius 3 is 2.70 bits per heavy atom. The summed E-state index contributed by atoms with van der Waals surface area (Å²) in [5.74, 6) is 0. The van der Waals surface area contributed by atoms with E-state index < -0.39 is 6.03 Å². The number of carbonyl (C=O) groups excluding carboxylic acids is 1. The molecule has 0 unspecified atom stereocenters. The number of urea groups is 1. The Hall–Kier alpha value is -2.71. The average Bonchev–Trinajstić information content (AvgIpc) is 2.42. The molecule has 2 aromatic rings. The van der Waals surface area contributed by atoms with Gasteiger partial charge in [-0.3, -0.25) is 0 Å². The second-order valence-electron chi connectivity index (χ2n) is 4.01. The molecule has 2 amide bonds. The van der Waals surface area contributed by atoms with Crippen LogP contribution in [-0.2, 0) is 0 Å². The number of nitrogens with two attached hydrogens (primary N) is 1. The number of carbonyl (C=O) groups is 1. The third-order valence-electron chi connectivity index (χ3n) is 2.49. The molecule has 0 aliphatic heterocycles. The zero-order valence-corrected chi connectivity index (χ0v) is 11.1. The lowest BCUT2D eigenvalue weighted by Crippen LogP contribution is -2.19. The first kappa shape index (κ1) is 13.7. The number of nitrogens with zero attached hydrogens (tertiary/aromatic N) is 1. The summed E-state index contributed by atoms with van der Waals surface area (Å²) in [4.78, 5) is 11.8. The van der Waals surface area contributed by atoms with Gasteiger partial charge in [-0.15, -0.1) is 0 Å². The van der Waals surface area contributed by atoms with E-state index in [0.29, 0.717) is 27.6 Å². The summed E-state index contributed by atoms with van der Waals surface area (Å²) in [5.41, 5.74) is 7.53. The fourth-order valence-electron chi connectivity index (χ4n) is 1.58. The number of nitrogen functional groups attached to an aromatic ring is 1. The summed E-state index contributed by atoms with van der Waals surface area (Å²) in [6, 6.07) is 12.9. The van der Waals surface area contributed by atoms with Crippen molar-refractivity contribution in [1.82, 2.24) is 0 Å². The van der Waals surface area contributed by atoms with Crippen molar-refractivity contribution in [2.24, 2.45) is 0 Å². The van der Waals surface area contributed by atoms with Crippen molar-refractivity contribution in [3.8, 4) is 6.07 Å². The average molecular weight is 287 g/mol. The monoisotopic (exact) mass is 286 g/mol. The number of anilines is 3. The van der Waals surface area contributed by atoms with Crippen molar-refractivity contribution < 1.29 is 4.79 Å². The predicted octanol–water partition coefficient (Wildman–Crippen LogP) is 3.44. The van der Waals surface area contributed by atoms with Crippen molar-refractivity contribution in [3.05, 3.63) is 53.1 Å². The highest BCUT2D eigenvalue weighted by atomic mass is 35.5. The molecule has 2 aromatic carbocycles. The van der Waals surface area contributed by atoms with Crippen molar-refractivity contribution in [1.29, 1.82) is 5.26 Å². The van der Waals surface area contributed by atoms with Gasteiger partial charge in [0.05, 0.1) is 22.3 Å². The lowest BCUT2D eigenvalue weighted by molar-refractivity contribution is 0.262. The zero-order chi connectivity index (χ0) is 14.5. The van der Waals surface area contributed by atoms with Crippen LogP contribution >= 0.6 is 11.6 Å². The van der Waals surface area contributed by atoms with E-state index in [2.05, 4.69) is 10.6 Å². The fraction of sp³-hybridized carbons (Fsp3) is 0. The maximum absolute atomic E-state index is 11.8. The normalized spacial score (nSPS) is 9.60. The van der Waals surface area contributed by atoms with Crippen LogP contribution in [0.25, 0.3) is 0 Å². The molecule has 0 heterocycles. The van der Waals surface area contributed by atoms with Gasteiger partial charge in [0, 0.05) is 11.4 Å². The first-order chi connectivity index (χ1) is 9.58. The first-order valence-corrected chi connectivity index (χ1v) is 6.09. The minimum absolute atomic E-state index is 0.353. The number of hydrogen-bond donors (Lipinski definition) is 3. The molecule has 20 heavy (non-hydrogen) atoms. The molecule has 0 aliphatic rings. The van der Waals surface area contributed by atoms with E-state index in [-0.39, 0.29) is 0 Å². The third kappa shape index (κ3) is 3.40. The van der Waals surface area contributed by atoms with Gasteiger partial charge in [0.25, 0.3) is 0 Å². The van der Waals surface area contributed by atoms with Gasteiger partial charge >= 0.3 is 6.03 Å². The highest BCUT2D eigenvalue weighted by Crippen LogP contribution is 2.24. The third-order valence-corrected chi connectivity index (χ3v) is 2.80. The highest BCUT2D eigenvalue weighted by molar-refractivity contribution is 6.34. The Kier molecular flexibility index (Phi) is 4.08. The van der Waals surface area contributed by atoms with Crippen LogP contribution in [0.1, 0.15) is 5.56 Å². The molecule has 0 radical (unpaired) electrons. The zero-order valence-electron chi connectivity index (χ0n) is 10.4. The molecule has 6 heteroatoms. The molecular formula is C14H11ClN4O. The van der Waals surface area contributed by atoms with E-state index in [1.807, 2.05) is 6.07 Å². The fourth-order valence-corrected chi connectivity index (χ4v) is 1.82. The second-order valence-corrected chi connectivity index (χ2v) is 4.42. The van der Waals surface area contributed by atoms with Gasteiger partial charge in [0.1, 0.15) is 0 Å². The molecule has 0 spiro atoms. The summed E-state index contributed by atoms with van der Waals surface area (Å²) in [7, 11) is 0. The maximum atomic E-state index is 11.8. The van der Waals surface area contributed by atoms with Gasteiger partial charge in [0.2, 0.25) is 0 Å². The van der Waals surface area contributed by atoms with Crippen molar-refractivity contribution in [2.45, 2.75) is 0 Å². The van der Waals surface area contributed by atoms with Crippen LogP contribution in [0, 0.1) is 11.3 Å². The summed E-state index contributed by atoms with van der Waals surface area (Å²) in [6.07, 6.45) is 0. The Labute approximate surface area is 121 Å². The van der Waals surface area contributed by atoms with Gasteiger partial charge in [0.15, 0.2) is 0 Å². The summed E-state index contributed by atoms with van der Waals surface area (Å²) in [6.45, 7) is 0. The van der Waals surface area contributed by atoms with Crippen LogP contribution in [0.5, 0.6) is 0 Å². The molecule has 100 valence electrons. The lowest BCUT2D eigenvalue weighted by atomic mass is 10.2. The Morgan fingerprint density at radius 1 is 1.20 bits per heavy atom. The minimum Gasteiger partial charge on any atom is -0.399 e. The summed E-state index contributed by atoms with van der Waals surface area (Å²) < 4.78 is 0. The number of rotatable bonds is 2. The van der Waals surface area contributed by atoms with E-state index in [9.17, 15) is 4.79 Å². The van der Waals surface area contributed by atoms with Gasteiger partial charge in [-0.2, -0.15) is 5.26 Å². The number of nitrogens with one attached hydrogen (secondary N) is 2. The maximum Gasteiger partial charge on any atom is 0.323 e. The van der Waals surface area contributed by atoms with Crippen molar-refractivity contribution in [2.75, 3.05) is 16.4 Å². The first-order valence-electron chi connectivity index (χ1n) is 5.71. The predicted molar refractivity (Wildman–Crippen MR) is 79.7 cm³/mol. The number of nitriles is 1. The summed E-state index contributed by atoms with van der Waals surface area (Å²) in [5, 5.41) is 14.4. The van der Waals surface area contributed by atoms with Gasteiger partial charge < -0.3 is 16.4 Å². The molecule has 2 rings (SSSR count). The molecule has 0 aromatic heterocycles. The van der Waals surface area contributed by atoms with Crippen LogP contribution in [-0.4, -0.2) is 6.03 Å². The van der Waals surface area contributed by atoms with Crippen LogP contribution < -0.4 is 16.4 Å². The molecule has 0 saturated heterocycles. The molecule has 5 nitrogen and oxygen atoms in total. The molecule has 4 N–H and O–H groups in total. The minimum atomic E-state index is -0.452. The molecule has 0 saturated carbocycles. The molecule has 0 fully saturated rings. The molecular weight excluding hydrogens is 276 g/mol. The standard InChI is InChI=1S/C14H11ClN4O/c15-12-7-10(17)4-5-13(12)19-14(20)18-11-3-1-2-9(6-11)8-16/h1-7H,17H2,(H2,18,19,20). The summed E-state index contributed by atoms with van der Waals surface area (Å²) >= 11 is 5.96. The number of halogens is 1. The highest BCUT2D eigenvalue weighted by Gasteiger charge is 2.06. The van der Waals surface area contributed by atoms with Crippen molar-refractivity contribution in [3.63, 3.8) is 0 Å². The van der Waals surface area contributed by atoms with Crippen LogP contribution in [0.3, 0.4) is 0 Å². The van der Waals surface area contributed by atoms with E-state index in [1.165, 1.54) is 0 Å². The van der Waals surface area contributed by atoms with Crippen molar-refractivity contribution >= 4 is 34.7 Å². The smallest absolute Gasteiger partial charge is 0.323 e. The van der Waals surface area contributed by atoms with Gasteiger partial charge in [-0.05, 0) is 36.4 Å². The molecule has 0 atom stereocenters. The number of amides is 2. The SMILES string of the molecule is N#Cc1cccc(NC(=O)Nc2ccc(N)cc2Cl)c1.